The maximum absolute atomic E-state index is 11.5. The summed E-state index contributed by atoms with van der Waals surface area (Å²) in [7, 11) is 0. The predicted octanol–water partition coefficient (Wildman–Crippen LogP) is 3.50. The molecule has 0 saturated heterocycles. The molecular formula is C14H20O5. The molecule has 1 aromatic rings. The van der Waals surface area contributed by atoms with Crippen LogP contribution in [0.25, 0.3) is 0 Å². The molecule has 1 rings (SSSR count). The molecule has 0 bridgehead atoms. The van der Waals surface area contributed by atoms with Crippen LogP contribution in [0.2, 0.25) is 0 Å². The van der Waals surface area contributed by atoms with Gasteiger partial charge in [-0.1, -0.05) is 39.0 Å². The largest absolute Gasteiger partial charge is 0.475 e. The van der Waals surface area contributed by atoms with Crippen LogP contribution in [-0.4, -0.2) is 23.7 Å². The Morgan fingerprint density at radius 1 is 1.11 bits per heavy atom. The number of furan rings is 1. The number of hydrogen-bond acceptors (Lipinski definition) is 4. The Kier molecular flexibility index (Phi) is 6.71. The van der Waals surface area contributed by atoms with Gasteiger partial charge >= 0.3 is 11.9 Å². The molecule has 0 unspecified atom stereocenters. The number of ether oxygens (including phenoxy) is 1. The Balaban J connectivity index is 2.18. The number of rotatable bonds is 9. The van der Waals surface area contributed by atoms with Gasteiger partial charge in [-0.2, -0.15) is 0 Å². The number of carboxylic acids is 1. The van der Waals surface area contributed by atoms with Crippen molar-refractivity contribution in [2.45, 2.75) is 45.4 Å². The van der Waals surface area contributed by atoms with Crippen molar-refractivity contribution in [1.82, 2.24) is 0 Å². The van der Waals surface area contributed by atoms with Crippen molar-refractivity contribution in [3.8, 4) is 0 Å². The summed E-state index contributed by atoms with van der Waals surface area (Å²) in [6.07, 6.45) is 6.66. The van der Waals surface area contributed by atoms with Crippen LogP contribution in [-0.2, 0) is 4.74 Å². The normalized spacial score (nSPS) is 10.4. The molecule has 5 nitrogen and oxygen atoms in total. The Morgan fingerprint density at radius 2 is 1.74 bits per heavy atom. The molecule has 0 radical (unpaired) electrons. The summed E-state index contributed by atoms with van der Waals surface area (Å²) in [5, 5.41) is 8.65. The number of aromatic carboxylic acids is 1. The Labute approximate surface area is 112 Å². The summed E-state index contributed by atoms with van der Waals surface area (Å²) in [5.74, 6) is -2.13. The van der Waals surface area contributed by atoms with E-state index in [0.29, 0.717) is 6.61 Å². The second kappa shape index (κ2) is 8.34. The molecule has 106 valence electrons. The summed E-state index contributed by atoms with van der Waals surface area (Å²) < 4.78 is 9.84. The van der Waals surface area contributed by atoms with Gasteiger partial charge in [-0.05, 0) is 18.6 Å². The van der Waals surface area contributed by atoms with Crippen LogP contribution in [0.3, 0.4) is 0 Å². The monoisotopic (exact) mass is 268 g/mol. The summed E-state index contributed by atoms with van der Waals surface area (Å²) in [5.41, 5.74) is 0. The lowest BCUT2D eigenvalue weighted by molar-refractivity contribution is 0.0456. The first-order valence-corrected chi connectivity index (χ1v) is 6.65. The topological polar surface area (TPSA) is 76.7 Å². The van der Waals surface area contributed by atoms with Crippen molar-refractivity contribution < 1.29 is 23.8 Å². The van der Waals surface area contributed by atoms with Crippen LogP contribution in [0.4, 0.5) is 0 Å². The first-order valence-electron chi connectivity index (χ1n) is 6.65. The summed E-state index contributed by atoms with van der Waals surface area (Å²) in [6.45, 7) is 2.50. The lowest BCUT2D eigenvalue weighted by Crippen LogP contribution is -2.05. The summed E-state index contributed by atoms with van der Waals surface area (Å²) in [4.78, 5) is 22.1. The van der Waals surface area contributed by atoms with Gasteiger partial charge in [0.2, 0.25) is 11.5 Å². The van der Waals surface area contributed by atoms with Crippen molar-refractivity contribution in [3.05, 3.63) is 23.7 Å². The summed E-state index contributed by atoms with van der Waals surface area (Å²) in [6, 6.07) is 2.55. The standard InChI is InChI=1S/C14H20O5/c1-2-3-4-5-6-7-10-18-14(17)12-9-8-11(19-12)13(15)16/h8-9H,2-7,10H2,1H3,(H,15,16). The molecule has 0 aliphatic rings. The van der Waals surface area contributed by atoms with E-state index >= 15 is 0 Å². The van der Waals surface area contributed by atoms with Gasteiger partial charge in [0.1, 0.15) is 0 Å². The molecule has 1 aromatic heterocycles. The second-order valence-electron chi connectivity index (χ2n) is 4.37. The molecule has 0 aromatic carbocycles. The van der Waals surface area contributed by atoms with Crippen LogP contribution in [0.1, 0.15) is 66.6 Å². The number of hydrogen-bond donors (Lipinski definition) is 1. The average Bonchev–Trinajstić information content (AvgIpc) is 2.87. The van der Waals surface area contributed by atoms with Crippen LogP contribution in [0.5, 0.6) is 0 Å². The minimum Gasteiger partial charge on any atom is -0.475 e. The third-order valence-electron chi connectivity index (χ3n) is 2.75. The zero-order valence-corrected chi connectivity index (χ0v) is 11.2. The molecule has 0 aliphatic heterocycles. The molecule has 1 heterocycles. The van der Waals surface area contributed by atoms with E-state index in [-0.39, 0.29) is 11.5 Å². The van der Waals surface area contributed by atoms with E-state index in [2.05, 4.69) is 6.92 Å². The molecule has 0 saturated carbocycles. The maximum atomic E-state index is 11.5. The van der Waals surface area contributed by atoms with Gasteiger partial charge < -0.3 is 14.3 Å². The van der Waals surface area contributed by atoms with Gasteiger partial charge in [-0.15, -0.1) is 0 Å². The van der Waals surface area contributed by atoms with Crippen molar-refractivity contribution in [2.75, 3.05) is 6.61 Å². The van der Waals surface area contributed by atoms with Gasteiger partial charge in [0.05, 0.1) is 6.61 Å². The number of unbranched alkanes of at least 4 members (excludes halogenated alkanes) is 5. The lowest BCUT2D eigenvalue weighted by Gasteiger charge is -2.02. The first kappa shape index (κ1) is 15.3. The fourth-order valence-corrected chi connectivity index (χ4v) is 1.68. The summed E-state index contributed by atoms with van der Waals surface area (Å²) >= 11 is 0. The highest BCUT2D eigenvalue weighted by atomic mass is 16.5. The van der Waals surface area contributed by atoms with Gasteiger partial charge in [0.25, 0.3) is 0 Å². The van der Waals surface area contributed by atoms with Crippen LogP contribution in [0.15, 0.2) is 16.5 Å². The minimum absolute atomic E-state index is 0.0663. The number of carbonyl (C=O) groups excluding carboxylic acids is 1. The van der Waals surface area contributed by atoms with Gasteiger partial charge in [0, 0.05) is 0 Å². The third kappa shape index (κ3) is 5.59. The average molecular weight is 268 g/mol. The Morgan fingerprint density at radius 3 is 2.37 bits per heavy atom. The highest BCUT2D eigenvalue weighted by Crippen LogP contribution is 2.10. The van der Waals surface area contributed by atoms with Crippen LogP contribution >= 0.6 is 0 Å². The fourth-order valence-electron chi connectivity index (χ4n) is 1.68. The van der Waals surface area contributed by atoms with Gasteiger partial charge in [0.15, 0.2) is 0 Å². The van der Waals surface area contributed by atoms with Gasteiger partial charge in [-0.3, -0.25) is 0 Å². The Hall–Kier alpha value is -1.78. The van der Waals surface area contributed by atoms with Crippen LogP contribution < -0.4 is 0 Å². The smallest absolute Gasteiger partial charge is 0.374 e. The quantitative estimate of drug-likeness (QED) is 0.548. The highest BCUT2D eigenvalue weighted by molar-refractivity contribution is 5.89. The molecular weight excluding hydrogens is 248 g/mol. The minimum atomic E-state index is -1.20. The third-order valence-corrected chi connectivity index (χ3v) is 2.75. The van der Waals surface area contributed by atoms with E-state index in [9.17, 15) is 9.59 Å². The fraction of sp³-hybridized carbons (Fsp3) is 0.571. The molecule has 0 spiro atoms. The maximum Gasteiger partial charge on any atom is 0.374 e. The first-order chi connectivity index (χ1) is 9.15. The molecule has 19 heavy (non-hydrogen) atoms. The van der Waals surface area contributed by atoms with Crippen molar-refractivity contribution >= 4 is 11.9 Å². The zero-order valence-electron chi connectivity index (χ0n) is 11.2. The predicted molar refractivity (Wildman–Crippen MR) is 69.3 cm³/mol. The van der Waals surface area contributed by atoms with E-state index in [1.165, 1.54) is 31.4 Å². The van der Waals surface area contributed by atoms with E-state index in [1.54, 1.807) is 0 Å². The molecule has 0 amide bonds. The molecule has 1 N–H and O–H groups in total. The van der Waals surface area contributed by atoms with E-state index in [1.807, 2.05) is 0 Å². The number of esters is 1. The second-order valence-corrected chi connectivity index (χ2v) is 4.37. The zero-order chi connectivity index (χ0) is 14.1. The van der Waals surface area contributed by atoms with Crippen molar-refractivity contribution in [2.24, 2.45) is 0 Å². The molecule has 0 aliphatic carbocycles. The van der Waals surface area contributed by atoms with E-state index < -0.39 is 11.9 Å². The lowest BCUT2D eigenvalue weighted by atomic mass is 10.1. The molecule has 0 atom stereocenters. The van der Waals surface area contributed by atoms with E-state index in [0.717, 1.165) is 19.3 Å². The molecule has 0 fully saturated rings. The van der Waals surface area contributed by atoms with E-state index in [4.69, 9.17) is 14.3 Å². The Bertz CT molecular complexity index is 408. The number of carboxylic acid groups (broad SMARTS) is 1. The number of carbonyl (C=O) groups is 2. The highest BCUT2D eigenvalue weighted by Gasteiger charge is 2.15. The molecule has 5 heteroatoms. The van der Waals surface area contributed by atoms with Gasteiger partial charge in [-0.25, -0.2) is 9.59 Å². The van der Waals surface area contributed by atoms with Crippen LogP contribution in [0, 0.1) is 0 Å². The van der Waals surface area contributed by atoms with Crippen molar-refractivity contribution in [1.29, 1.82) is 0 Å². The SMILES string of the molecule is CCCCCCCCOC(=O)c1ccc(C(=O)O)o1. The van der Waals surface area contributed by atoms with Crippen molar-refractivity contribution in [3.63, 3.8) is 0 Å².